The van der Waals surface area contributed by atoms with Gasteiger partial charge < -0.3 is 10.4 Å². The SMILES string of the molecule is Cc1cc(C=NCCNc2ccc(C(F)(F)F)cc2[N+](=O)[O-])c([O-])c([N+](=O)[O-])c1. The van der Waals surface area contributed by atoms with E-state index in [0.29, 0.717) is 17.7 Å². The van der Waals surface area contributed by atoms with E-state index in [1.54, 1.807) is 6.92 Å². The number of benzene rings is 2. The van der Waals surface area contributed by atoms with Gasteiger partial charge in [-0.05, 0) is 35.9 Å². The molecule has 0 atom stereocenters. The summed E-state index contributed by atoms with van der Waals surface area (Å²) in [6, 6.07) is 4.66. The maximum Gasteiger partial charge on any atom is 0.416 e. The molecule has 0 unspecified atom stereocenters. The van der Waals surface area contributed by atoms with Crippen molar-refractivity contribution in [3.63, 3.8) is 0 Å². The molecule has 0 fully saturated rings. The lowest BCUT2D eigenvalue weighted by molar-refractivity contribution is -0.398. The quantitative estimate of drug-likeness (QED) is 0.321. The van der Waals surface area contributed by atoms with E-state index in [9.17, 15) is 38.5 Å². The summed E-state index contributed by atoms with van der Waals surface area (Å²) in [5.74, 6) is -0.796. The predicted octanol–water partition coefficient (Wildman–Crippen LogP) is 3.43. The lowest BCUT2D eigenvalue weighted by Gasteiger charge is -2.11. The number of hydrogen-bond donors (Lipinski definition) is 1. The summed E-state index contributed by atoms with van der Waals surface area (Å²) < 4.78 is 38.1. The van der Waals surface area contributed by atoms with E-state index >= 15 is 0 Å². The highest BCUT2D eigenvalue weighted by atomic mass is 19.4. The summed E-state index contributed by atoms with van der Waals surface area (Å²) in [5, 5.41) is 36.4. The zero-order valence-corrected chi connectivity index (χ0v) is 14.9. The molecule has 9 nitrogen and oxygen atoms in total. The Labute approximate surface area is 161 Å². The van der Waals surface area contributed by atoms with E-state index in [-0.39, 0.29) is 24.3 Å². The molecular formula is C17H14F3N4O5-. The minimum Gasteiger partial charge on any atom is -0.867 e. The molecule has 2 rings (SSSR count). The first-order chi connectivity index (χ1) is 13.5. The molecule has 0 saturated carbocycles. The summed E-state index contributed by atoms with van der Waals surface area (Å²) in [6.45, 7) is 1.61. The average Bonchev–Trinajstić information content (AvgIpc) is 2.62. The molecular weight excluding hydrogens is 397 g/mol. The predicted molar refractivity (Wildman–Crippen MR) is 96.3 cm³/mol. The summed E-state index contributed by atoms with van der Waals surface area (Å²) in [5.41, 5.74) is -2.07. The van der Waals surface area contributed by atoms with Crippen molar-refractivity contribution in [3.05, 3.63) is 67.3 Å². The molecule has 0 spiro atoms. The summed E-state index contributed by atoms with van der Waals surface area (Å²) in [6.07, 6.45) is -3.56. The Kier molecular flexibility index (Phi) is 6.36. The van der Waals surface area contributed by atoms with Crippen LogP contribution >= 0.6 is 0 Å². The maximum atomic E-state index is 12.7. The van der Waals surface area contributed by atoms with Crippen LogP contribution in [-0.4, -0.2) is 29.2 Å². The number of nitrogens with one attached hydrogen (secondary N) is 1. The fourth-order valence-corrected chi connectivity index (χ4v) is 2.44. The number of aliphatic imine (C=N–C) groups is 1. The van der Waals surface area contributed by atoms with Gasteiger partial charge in [-0.15, -0.1) is 0 Å². The first kappa shape index (κ1) is 21.6. The van der Waals surface area contributed by atoms with Crippen LogP contribution in [0.25, 0.3) is 0 Å². The van der Waals surface area contributed by atoms with Gasteiger partial charge in [-0.25, -0.2) is 0 Å². The molecule has 0 aliphatic rings. The van der Waals surface area contributed by atoms with E-state index in [0.717, 1.165) is 18.3 Å². The fraction of sp³-hybridized carbons (Fsp3) is 0.235. The number of alkyl halides is 3. The van der Waals surface area contributed by atoms with Crippen molar-refractivity contribution in [3.8, 4) is 5.75 Å². The van der Waals surface area contributed by atoms with E-state index in [1.165, 1.54) is 6.07 Å². The molecule has 29 heavy (non-hydrogen) atoms. The normalized spacial score (nSPS) is 11.6. The molecule has 0 amide bonds. The van der Waals surface area contributed by atoms with Crippen LogP contribution in [0.15, 0.2) is 35.3 Å². The second-order valence-electron chi connectivity index (χ2n) is 5.91. The molecule has 154 valence electrons. The molecule has 2 aromatic rings. The number of nitro groups is 2. The third-order valence-electron chi connectivity index (χ3n) is 3.75. The number of rotatable bonds is 7. The molecule has 0 heterocycles. The van der Waals surface area contributed by atoms with Crippen molar-refractivity contribution in [1.29, 1.82) is 0 Å². The lowest BCUT2D eigenvalue weighted by atomic mass is 10.1. The molecule has 0 saturated heterocycles. The van der Waals surface area contributed by atoms with Gasteiger partial charge in [0.25, 0.3) is 11.4 Å². The smallest absolute Gasteiger partial charge is 0.416 e. The Morgan fingerprint density at radius 1 is 1.10 bits per heavy atom. The molecule has 0 aromatic heterocycles. The Morgan fingerprint density at radius 2 is 1.76 bits per heavy atom. The molecule has 0 aliphatic carbocycles. The minimum atomic E-state index is -4.71. The topological polar surface area (TPSA) is 134 Å². The maximum absolute atomic E-state index is 12.7. The van der Waals surface area contributed by atoms with Crippen molar-refractivity contribution in [2.75, 3.05) is 18.4 Å². The number of hydrogen-bond acceptors (Lipinski definition) is 7. The number of aryl methyl sites for hydroxylation is 1. The van der Waals surface area contributed by atoms with Gasteiger partial charge in [0.05, 0.1) is 22.0 Å². The van der Waals surface area contributed by atoms with E-state index < -0.39 is 38.7 Å². The van der Waals surface area contributed by atoms with Gasteiger partial charge in [0.1, 0.15) is 5.69 Å². The highest BCUT2D eigenvalue weighted by Gasteiger charge is 2.32. The van der Waals surface area contributed by atoms with Gasteiger partial charge in [-0.3, -0.25) is 25.2 Å². The fourth-order valence-electron chi connectivity index (χ4n) is 2.44. The third kappa shape index (κ3) is 5.40. The van der Waals surface area contributed by atoms with Gasteiger partial charge in [-0.2, -0.15) is 13.2 Å². The Balaban J connectivity index is 2.08. The monoisotopic (exact) mass is 411 g/mol. The first-order valence-corrected chi connectivity index (χ1v) is 8.06. The van der Waals surface area contributed by atoms with Gasteiger partial charge >= 0.3 is 6.18 Å². The number of nitrogens with zero attached hydrogens (tertiary/aromatic N) is 3. The van der Waals surface area contributed by atoms with Crippen molar-refractivity contribution in [2.45, 2.75) is 13.1 Å². The van der Waals surface area contributed by atoms with Gasteiger partial charge in [0.2, 0.25) is 0 Å². The summed E-state index contributed by atoms with van der Waals surface area (Å²) >= 11 is 0. The Bertz CT molecular complexity index is 976. The van der Waals surface area contributed by atoms with Gasteiger partial charge in [0.15, 0.2) is 0 Å². The molecule has 0 radical (unpaired) electrons. The zero-order chi connectivity index (χ0) is 21.8. The zero-order valence-electron chi connectivity index (χ0n) is 14.9. The standard InChI is InChI=1S/C17H15F3N4O5/c1-10-6-11(16(25)15(7-10)24(28)29)9-21-4-5-22-13-3-2-12(17(18,19)20)8-14(13)23(26)27/h2-3,6-9,22,25H,4-5H2,1H3/p-1. The van der Waals surface area contributed by atoms with Crippen LogP contribution < -0.4 is 10.4 Å². The molecule has 2 aromatic carbocycles. The minimum absolute atomic E-state index is 0.0113. The van der Waals surface area contributed by atoms with E-state index in [1.807, 2.05) is 0 Å². The van der Waals surface area contributed by atoms with Crippen molar-refractivity contribution >= 4 is 23.3 Å². The number of halogens is 3. The molecule has 0 bridgehead atoms. The van der Waals surface area contributed by atoms with E-state index in [4.69, 9.17) is 0 Å². The van der Waals surface area contributed by atoms with Crippen molar-refractivity contribution < 1.29 is 28.1 Å². The van der Waals surface area contributed by atoms with Crippen LogP contribution in [0, 0.1) is 27.2 Å². The van der Waals surface area contributed by atoms with Crippen LogP contribution in [0.4, 0.5) is 30.2 Å². The van der Waals surface area contributed by atoms with Crippen molar-refractivity contribution in [1.82, 2.24) is 0 Å². The van der Waals surface area contributed by atoms with Crippen LogP contribution in [-0.2, 0) is 6.18 Å². The summed E-state index contributed by atoms with van der Waals surface area (Å²) in [4.78, 5) is 24.1. The average molecular weight is 411 g/mol. The molecule has 1 N–H and O–H groups in total. The van der Waals surface area contributed by atoms with Crippen LogP contribution in [0.5, 0.6) is 5.75 Å². The largest absolute Gasteiger partial charge is 0.867 e. The van der Waals surface area contributed by atoms with Crippen molar-refractivity contribution in [2.24, 2.45) is 4.99 Å². The van der Waals surface area contributed by atoms with Gasteiger partial charge in [0, 0.05) is 24.9 Å². The highest BCUT2D eigenvalue weighted by molar-refractivity contribution is 5.85. The van der Waals surface area contributed by atoms with Gasteiger partial charge in [-0.1, -0.05) is 6.07 Å². The van der Waals surface area contributed by atoms with E-state index in [2.05, 4.69) is 10.3 Å². The highest BCUT2D eigenvalue weighted by Crippen LogP contribution is 2.34. The number of anilines is 1. The third-order valence-corrected chi connectivity index (χ3v) is 3.75. The van der Waals surface area contributed by atoms with Crippen LogP contribution in [0.2, 0.25) is 0 Å². The molecule has 0 aliphatic heterocycles. The van der Waals surface area contributed by atoms with Crippen LogP contribution in [0.3, 0.4) is 0 Å². The summed E-state index contributed by atoms with van der Waals surface area (Å²) in [7, 11) is 0. The second kappa shape index (κ2) is 8.54. The number of nitro benzene ring substituents is 2. The Morgan fingerprint density at radius 3 is 2.34 bits per heavy atom. The molecule has 12 heteroatoms. The first-order valence-electron chi connectivity index (χ1n) is 8.06. The lowest BCUT2D eigenvalue weighted by Crippen LogP contribution is -2.10. The van der Waals surface area contributed by atoms with Crippen LogP contribution in [0.1, 0.15) is 16.7 Å². The second-order valence-corrected chi connectivity index (χ2v) is 5.91. The Hall–Kier alpha value is -3.70.